The molecule has 0 aromatic carbocycles. The number of aliphatic hydroxyl groups is 1. The molecule has 1 heterocycles. The van der Waals surface area contributed by atoms with Gasteiger partial charge in [-0.15, -0.1) is 0 Å². The number of carbonyl (C=O) groups excluding carboxylic acids is 1. The highest BCUT2D eigenvalue weighted by atomic mass is 16.5. The van der Waals surface area contributed by atoms with Crippen LogP contribution in [0.4, 0.5) is 0 Å². The van der Waals surface area contributed by atoms with Crippen LogP contribution in [0, 0.1) is 0 Å². The highest BCUT2D eigenvalue weighted by molar-refractivity contribution is 5.85. The number of carbonyl (C=O) groups is 2. The molecule has 0 unspecified atom stereocenters. The topological polar surface area (TPSA) is 87.1 Å². The third-order valence-corrected chi connectivity index (χ3v) is 3.01. The lowest BCUT2D eigenvalue weighted by molar-refractivity contribution is -0.150. The summed E-state index contributed by atoms with van der Waals surface area (Å²) in [6.45, 7) is 3.59. The number of ether oxygens (including phenoxy) is 1. The molecule has 1 aliphatic rings. The number of aliphatic hydroxyl groups excluding tert-OH is 1. The predicted molar refractivity (Wildman–Crippen MR) is 59.5 cm³/mol. The Hall–Kier alpha value is -1.14. The zero-order chi connectivity index (χ0) is 13.2. The third kappa shape index (κ3) is 3.41. The summed E-state index contributed by atoms with van der Waals surface area (Å²) in [4.78, 5) is 24.1. The maximum absolute atomic E-state index is 12.0. The van der Waals surface area contributed by atoms with Crippen LogP contribution in [0.3, 0.4) is 0 Å². The van der Waals surface area contributed by atoms with E-state index in [0.717, 1.165) is 0 Å². The molecule has 0 aromatic heterocycles. The number of likely N-dealkylation sites (tertiary alicyclic amines) is 1. The van der Waals surface area contributed by atoms with Crippen molar-refractivity contribution in [2.45, 2.75) is 44.4 Å². The van der Waals surface area contributed by atoms with Gasteiger partial charge in [0, 0.05) is 20.1 Å². The van der Waals surface area contributed by atoms with E-state index in [2.05, 4.69) is 0 Å². The van der Waals surface area contributed by atoms with Crippen molar-refractivity contribution in [2.24, 2.45) is 0 Å². The Kier molecular flexibility index (Phi) is 4.11. The fourth-order valence-electron chi connectivity index (χ4n) is 1.86. The molecule has 1 saturated heterocycles. The van der Waals surface area contributed by atoms with Crippen LogP contribution >= 0.6 is 0 Å². The standard InChI is InChI=1S/C11H19NO5/c1-11(2,17-3)5-9(14)12-6-7(13)4-8(12)10(15)16/h7-8,13H,4-6H2,1-3H3,(H,15,16)/t7-,8-/m0/s1. The van der Waals surface area contributed by atoms with Gasteiger partial charge in [-0.1, -0.05) is 0 Å². The van der Waals surface area contributed by atoms with Crippen molar-refractivity contribution in [1.82, 2.24) is 4.90 Å². The summed E-state index contributed by atoms with van der Waals surface area (Å²) in [6, 6.07) is -0.926. The Morgan fingerprint density at radius 1 is 1.47 bits per heavy atom. The molecule has 0 spiro atoms. The number of methoxy groups -OCH3 is 1. The Balaban J connectivity index is 2.71. The lowest BCUT2D eigenvalue weighted by Gasteiger charge is -2.27. The summed E-state index contributed by atoms with van der Waals surface area (Å²) in [5, 5.41) is 18.4. The molecule has 6 nitrogen and oxygen atoms in total. The maximum atomic E-state index is 12.0. The summed E-state index contributed by atoms with van der Waals surface area (Å²) in [7, 11) is 1.50. The molecular weight excluding hydrogens is 226 g/mol. The average Bonchev–Trinajstić information content (AvgIpc) is 2.60. The highest BCUT2D eigenvalue weighted by Crippen LogP contribution is 2.22. The first-order valence-corrected chi connectivity index (χ1v) is 5.52. The van der Waals surface area contributed by atoms with Crippen molar-refractivity contribution in [3.8, 4) is 0 Å². The SMILES string of the molecule is COC(C)(C)CC(=O)N1C[C@@H](O)C[C@H]1C(=O)O. The number of hydrogen-bond donors (Lipinski definition) is 2. The normalized spacial score (nSPS) is 25.1. The highest BCUT2D eigenvalue weighted by Gasteiger charge is 2.40. The lowest BCUT2D eigenvalue weighted by Crippen LogP contribution is -2.43. The van der Waals surface area contributed by atoms with Crippen LogP contribution in [0.1, 0.15) is 26.7 Å². The lowest BCUT2D eigenvalue weighted by atomic mass is 10.0. The summed E-state index contributed by atoms with van der Waals surface area (Å²) >= 11 is 0. The second-order valence-electron chi connectivity index (χ2n) is 4.93. The first-order chi connectivity index (χ1) is 7.76. The van der Waals surface area contributed by atoms with Crippen molar-refractivity contribution in [3.63, 3.8) is 0 Å². The predicted octanol–water partition coefficient (Wildman–Crippen LogP) is -0.152. The molecule has 0 saturated carbocycles. The first-order valence-electron chi connectivity index (χ1n) is 5.52. The van der Waals surface area contributed by atoms with E-state index in [-0.39, 0.29) is 25.3 Å². The fourth-order valence-corrected chi connectivity index (χ4v) is 1.86. The minimum Gasteiger partial charge on any atom is -0.480 e. The molecule has 0 bridgehead atoms. The Labute approximate surface area is 100 Å². The molecule has 1 fully saturated rings. The summed E-state index contributed by atoms with van der Waals surface area (Å²) in [5.74, 6) is -1.38. The molecule has 0 radical (unpaired) electrons. The van der Waals surface area contributed by atoms with Crippen LogP contribution in [-0.2, 0) is 14.3 Å². The van der Waals surface area contributed by atoms with Crippen LogP contribution in [0.15, 0.2) is 0 Å². The molecule has 1 rings (SSSR count). The monoisotopic (exact) mass is 245 g/mol. The molecule has 0 aliphatic carbocycles. The number of aliphatic carboxylic acids is 1. The Morgan fingerprint density at radius 3 is 2.53 bits per heavy atom. The zero-order valence-electron chi connectivity index (χ0n) is 10.3. The van der Waals surface area contributed by atoms with Gasteiger partial charge in [0.05, 0.1) is 18.1 Å². The smallest absolute Gasteiger partial charge is 0.326 e. The number of nitrogens with zero attached hydrogens (tertiary/aromatic N) is 1. The van der Waals surface area contributed by atoms with Gasteiger partial charge in [-0.3, -0.25) is 4.79 Å². The first kappa shape index (κ1) is 13.9. The molecule has 17 heavy (non-hydrogen) atoms. The average molecular weight is 245 g/mol. The Bertz CT molecular complexity index is 315. The molecular formula is C11H19NO5. The molecule has 1 aliphatic heterocycles. The van der Waals surface area contributed by atoms with E-state index in [1.54, 1.807) is 13.8 Å². The molecule has 2 N–H and O–H groups in total. The minimum atomic E-state index is -1.08. The van der Waals surface area contributed by atoms with Crippen molar-refractivity contribution < 1.29 is 24.5 Å². The van der Waals surface area contributed by atoms with Crippen molar-refractivity contribution in [3.05, 3.63) is 0 Å². The van der Waals surface area contributed by atoms with E-state index in [1.165, 1.54) is 12.0 Å². The van der Waals surface area contributed by atoms with Crippen LogP contribution in [0.5, 0.6) is 0 Å². The quantitative estimate of drug-likeness (QED) is 0.719. The van der Waals surface area contributed by atoms with Crippen molar-refractivity contribution >= 4 is 11.9 Å². The second kappa shape index (κ2) is 5.01. The van der Waals surface area contributed by atoms with Gasteiger partial charge in [0.2, 0.25) is 5.91 Å². The van der Waals surface area contributed by atoms with Crippen LogP contribution in [0.25, 0.3) is 0 Å². The van der Waals surface area contributed by atoms with Gasteiger partial charge in [-0.25, -0.2) is 4.79 Å². The number of amides is 1. The maximum Gasteiger partial charge on any atom is 0.326 e. The second-order valence-corrected chi connectivity index (χ2v) is 4.93. The number of rotatable bonds is 4. The number of carboxylic acid groups (broad SMARTS) is 1. The van der Waals surface area contributed by atoms with Gasteiger partial charge < -0.3 is 19.8 Å². The fraction of sp³-hybridized carbons (Fsp3) is 0.818. The van der Waals surface area contributed by atoms with Gasteiger partial charge in [-0.05, 0) is 13.8 Å². The zero-order valence-corrected chi connectivity index (χ0v) is 10.3. The van der Waals surface area contributed by atoms with Gasteiger partial charge >= 0.3 is 5.97 Å². The Morgan fingerprint density at radius 2 is 2.06 bits per heavy atom. The van der Waals surface area contributed by atoms with E-state index >= 15 is 0 Å². The molecule has 2 atom stereocenters. The van der Waals surface area contributed by atoms with Crippen LogP contribution < -0.4 is 0 Å². The van der Waals surface area contributed by atoms with Crippen LogP contribution in [0.2, 0.25) is 0 Å². The van der Waals surface area contributed by atoms with Gasteiger partial charge in [0.1, 0.15) is 6.04 Å². The summed E-state index contributed by atoms with van der Waals surface area (Å²) < 4.78 is 5.13. The number of hydrogen-bond acceptors (Lipinski definition) is 4. The summed E-state index contributed by atoms with van der Waals surface area (Å²) in [6.07, 6.45) is -0.570. The molecule has 6 heteroatoms. The van der Waals surface area contributed by atoms with Crippen molar-refractivity contribution in [2.75, 3.05) is 13.7 Å². The molecule has 1 amide bonds. The summed E-state index contributed by atoms with van der Waals surface area (Å²) in [5.41, 5.74) is -0.631. The number of β-amino-alcohol motifs (C(OH)–C–C–N with tert-alkyl or cyclic N) is 1. The van der Waals surface area contributed by atoms with Gasteiger partial charge in [-0.2, -0.15) is 0 Å². The van der Waals surface area contributed by atoms with Gasteiger partial charge in [0.15, 0.2) is 0 Å². The van der Waals surface area contributed by atoms with E-state index in [9.17, 15) is 14.7 Å². The van der Waals surface area contributed by atoms with E-state index < -0.39 is 23.7 Å². The molecule has 0 aromatic rings. The molecule has 98 valence electrons. The third-order valence-electron chi connectivity index (χ3n) is 3.01. The van der Waals surface area contributed by atoms with Crippen molar-refractivity contribution in [1.29, 1.82) is 0 Å². The van der Waals surface area contributed by atoms with E-state index in [4.69, 9.17) is 9.84 Å². The van der Waals surface area contributed by atoms with Gasteiger partial charge in [0.25, 0.3) is 0 Å². The largest absolute Gasteiger partial charge is 0.480 e. The van der Waals surface area contributed by atoms with E-state index in [0.29, 0.717) is 0 Å². The number of carboxylic acids is 1. The minimum absolute atomic E-state index is 0.0790. The van der Waals surface area contributed by atoms with E-state index in [1.807, 2.05) is 0 Å². The van der Waals surface area contributed by atoms with Crippen LogP contribution in [-0.4, -0.2) is 58.4 Å².